The number of likely N-dealkylation sites (N-methyl/N-ethyl adjacent to an activating group) is 1. The molecule has 2 atom stereocenters. The van der Waals surface area contributed by atoms with Gasteiger partial charge >= 0.3 is 0 Å². The van der Waals surface area contributed by atoms with E-state index < -0.39 is 0 Å². The van der Waals surface area contributed by atoms with Gasteiger partial charge in [0, 0.05) is 25.7 Å². The number of halogens is 1. The standard InChI is InChI=1S/C21H27FN2O3/c1-23(2)18-12-24(13-19(18)25)11-15-7-8-20(26-3)21(10-15)27-14-16-5-4-6-17(22)9-16/h4-10,18-19,25H,11-14H2,1-3H3/t18-,19-/m1/s1. The molecule has 27 heavy (non-hydrogen) atoms. The van der Waals surface area contributed by atoms with Crippen LogP contribution in [0.3, 0.4) is 0 Å². The summed E-state index contributed by atoms with van der Waals surface area (Å²) >= 11 is 0. The predicted molar refractivity (Wildman–Crippen MR) is 102 cm³/mol. The normalized spacial score (nSPS) is 20.2. The maximum Gasteiger partial charge on any atom is 0.161 e. The average molecular weight is 374 g/mol. The van der Waals surface area contributed by atoms with Gasteiger partial charge in [0.2, 0.25) is 0 Å². The second-order valence-corrected chi connectivity index (χ2v) is 7.20. The lowest BCUT2D eigenvalue weighted by molar-refractivity contribution is 0.112. The van der Waals surface area contributed by atoms with E-state index in [1.807, 2.05) is 38.4 Å². The third kappa shape index (κ3) is 4.97. The van der Waals surface area contributed by atoms with Crippen molar-refractivity contribution < 1.29 is 19.0 Å². The van der Waals surface area contributed by atoms with Crippen LogP contribution in [0.5, 0.6) is 11.5 Å². The van der Waals surface area contributed by atoms with Gasteiger partial charge in [0.05, 0.1) is 13.2 Å². The van der Waals surface area contributed by atoms with Gasteiger partial charge in [0.1, 0.15) is 12.4 Å². The number of ether oxygens (including phenoxy) is 2. The molecule has 1 aliphatic heterocycles. The number of hydrogen-bond donors (Lipinski definition) is 1. The molecule has 0 amide bonds. The van der Waals surface area contributed by atoms with Gasteiger partial charge in [-0.1, -0.05) is 18.2 Å². The predicted octanol–water partition coefficient (Wildman–Crippen LogP) is 2.52. The van der Waals surface area contributed by atoms with Gasteiger partial charge in [-0.25, -0.2) is 4.39 Å². The fourth-order valence-corrected chi connectivity index (χ4v) is 3.46. The molecule has 146 valence electrons. The van der Waals surface area contributed by atoms with Gasteiger partial charge in [0.25, 0.3) is 0 Å². The van der Waals surface area contributed by atoms with Crippen molar-refractivity contribution >= 4 is 0 Å². The molecule has 1 fully saturated rings. The Morgan fingerprint density at radius 1 is 1.11 bits per heavy atom. The van der Waals surface area contributed by atoms with Gasteiger partial charge in [-0.05, 0) is 49.5 Å². The summed E-state index contributed by atoms with van der Waals surface area (Å²) in [5, 5.41) is 10.2. The minimum Gasteiger partial charge on any atom is -0.493 e. The highest BCUT2D eigenvalue weighted by Gasteiger charge is 2.32. The van der Waals surface area contributed by atoms with E-state index in [4.69, 9.17) is 9.47 Å². The van der Waals surface area contributed by atoms with E-state index in [-0.39, 0.29) is 24.6 Å². The average Bonchev–Trinajstić information content (AvgIpc) is 3.00. The second kappa shape index (κ2) is 8.69. The first-order valence-electron chi connectivity index (χ1n) is 9.07. The number of aliphatic hydroxyl groups excluding tert-OH is 1. The number of aliphatic hydroxyl groups is 1. The zero-order chi connectivity index (χ0) is 19.4. The maximum absolute atomic E-state index is 13.3. The number of methoxy groups -OCH3 is 1. The molecule has 0 aromatic heterocycles. The monoisotopic (exact) mass is 374 g/mol. The number of rotatable bonds is 7. The molecule has 3 rings (SSSR count). The van der Waals surface area contributed by atoms with Crippen LogP contribution < -0.4 is 9.47 Å². The first kappa shape index (κ1) is 19.6. The van der Waals surface area contributed by atoms with Crippen LogP contribution in [0.15, 0.2) is 42.5 Å². The third-order valence-corrected chi connectivity index (χ3v) is 4.92. The Balaban J connectivity index is 1.68. The summed E-state index contributed by atoms with van der Waals surface area (Å²) in [6.07, 6.45) is -0.345. The highest BCUT2D eigenvalue weighted by Crippen LogP contribution is 2.30. The smallest absolute Gasteiger partial charge is 0.161 e. The Kier molecular flexibility index (Phi) is 6.31. The number of benzene rings is 2. The second-order valence-electron chi connectivity index (χ2n) is 7.20. The highest BCUT2D eigenvalue weighted by atomic mass is 19.1. The Hall–Kier alpha value is -2.15. The summed E-state index contributed by atoms with van der Waals surface area (Å²) in [6.45, 7) is 2.46. The van der Waals surface area contributed by atoms with Crippen LogP contribution in [-0.2, 0) is 13.2 Å². The van der Waals surface area contributed by atoms with E-state index >= 15 is 0 Å². The highest BCUT2D eigenvalue weighted by molar-refractivity contribution is 5.43. The number of likely N-dealkylation sites (tertiary alicyclic amines) is 1. The minimum absolute atomic E-state index is 0.145. The maximum atomic E-state index is 13.3. The van der Waals surface area contributed by atoms with Gasteiger partial charge in [-0.3, -0.25) is 4.90 Å². The Labute approximate surface area is 159 Å². The number of hydrogen-bond acceptors (Lipinski definition) is 5. The van der Waals surface area contributed by atoms with Crippen LogP contribution in [0.2, 0.25) is 0 Å². The number of β-amino-alcohol motifs (C(OH)–C–C–N with tert-alkyl or cyclic N) is 1. The summed E-state index contributed by atoms with van der Waals surface area (Å²) < 4.78 is 24.6. The van der Waals surface area contributed by atoms with E-state index in [9.17, 15) is 9.50 Å². The van der Waals surface area contributed by atoms with Gasteiger partial charge in [0.15, 0.2) is 11.5 Å². The van der Waals surface area contributed by atoms with E-state index in [0.717, 1.165) is 24.2 Å². The lowest BCUT2D eigenvalue weighted by atomic mass is 10.2. The molecule has 1 heterocycles. The molecule has 0 saturated carbocycles. The Morgan fingerprint density at radius 2 is 1.93 bits per heavy atom. The van der Waals surface area contributed by atoms with Crippen LogP contribution in [0.1, 0.15) is 11.1 Å². The summed E-state index contributed by atoms with van der Waals surface area (Å²) in [5.74, 6) is 0.991. The first-order chi connectivity index (χ1) is 13.0. The number of nitrogens with zero attached hydrogens (tertiary/aromatic N) is 2. The van der Waals surface area contributed by atoms with Crippen molar-refractivity contribution in [3.05, 3.63) is 59.4 Å². The molecule has 0 radical (unpaired) electrons. The van der Waals surface area contributed by atoms with Gasteiger partial charge < -0.3 is 19.5 Å². The van der Waals surface area contributed by atoms with E-state index in [0.29, 0.717) is 18.0 Å². The quantitative estimate of drug-likeness (QED) is 0.807. The zero-order valence-corrected chi connectivity index (χ0v) is 16.1. The largest absolute Gasteiger partial charge is 0.493 e. The molecular formula is C21H27FN2O3. The van der Waals surface area contributed by atoms with Crippen molar-refractivity contribution in [3.63, 3.8) is 0 Å². The summed E-state index contributed by atoms with van der Waals surface area (Å²) in [6, 6.07) is 12.4. The molecule has 1 N–H and O–H groups in total. The fraction of sp³-hybridized carbons (Fsp3) is 0.429. The van der Waals surface area contributed by atoms with Gasteiger partial charge in [-0.15, -0.1) is 0 Å². The molecule has 0 spiro atoms. The Morgan fingerprint density at radius 3 is 2.59 bits per heavy atom. The SMILES string of the molecule is COc1ccc(CN2C[C@@H](O)[C@H](N(C)C)C2)cc1OCc1cccc(F)c1. The summed E-state index contributed by atoms with van der Waals surface area (Å²) in [5.41, 5.74) is 1.84. The third-order valence-electron chi connectivity index (χ3n) is 4.92. The summed E-state index contributed by atoms with van der Waals surface area (Å²) in [7, 11) is 5.58. The molecule has 6 heteroatoms. The fourth-order valence-electron chi connectivity index (χ4n) is 3.46. The van der Waals surface area contributed by atoms with E-state index in [2.05, 4.69) is 9.80 Å². The van der Waals surface area contributed by atoms with E-state index in [1.54, 1.807) is 13.2 Å². The van der Waals surface area contributed by atoms with Crippen molar-refractivity contribution in [1.82, 2.24) is 9.80 Å². The Bertz CT molecular complexity index is 769. The molecule has 2 aromatic rings. The van der Waals surface area contributed by atoms with Crippen molar-refractivity contribution in [3.8, 4) is 11.5 Å². The van der Waals surface area contributed by atoms with Crippen LogP contribution in [-0.4, -0.2) is 61.3 Å². The molecule has 0 bridgehead atoms. The first-order valence-corrected chi connectivity index (χ1v) is 9.07. The van der Waals surface area contributed by atoms with Gasteiger partial charge in [-0.2, -0.15) is 0 Å². The van der Waals surface area contributed by atoms with Crippen LogP contribution in [0.4, 0.5) is 4.39 Å². The summed E-state index contributed by atoms with van der Waals surface area (Å²) in [4.78, 5) is 4.29. The topological polar surface area (TPSA) is 45.2 Å². The zero-order valence-electron chi connectivity index (χ0n) is 16.1. The molecule has 1 saturated heterocycles. The van der Waals surface area contributed by atoms with Crippen molar-refractivity contribution in [2.24, 2.45) is 0 Å². The van der Waals surface area contributed by atoms with Crippen molar-refractivity contribution in [2.45, 2.75) is 25.3 Å². The molecular weight excluding hydrogens is 347 g/mol. The van der Waals surface area contributed by atoms with Crippen LogP contribution in [0, 0.1) is 5.82 Å². The van der Waals surface area contributed by atoms with Crippen LogP contribution in [0.25, 0.3) is 0 Å². The molecule has 2 aromatic carbocycles. The molecule has 5 nitrogen and oxygen atoms in total. The van der Waals surface area contributed by atoms with Crippen molar-refractivity contribution in [2.75, 3.05) is 34.3 Å². The molecule has 0 unspecified atom stereocenters. The van der Waals surface area contributed by atoms with Crippen LogP contribution >= 0.6 is 0 Å². The minimum atomic E-state index is -0.345. The lowest BCUT2D eigenvalue weighted by Gasteiger charge is -2.22. The molecule has 0 aliphatic carbocycles. The lowest BCUT2D eigenvalue weighted by Crippen LogP contribution is -2.37. The van der Waals surface area contributed by atoms with E-state index in [1.165, 1.54) is 12.1 Å². The molecule has 1 aliphatic rings. The van der Waals surface area contributed by atoms with Crippen molar-refractivity contribution in [1.29, 1.82) is 0 Å².